The van der Waals surface area contributed by atoms with Gasteiger partial charge in [0.15, 0.2) is 0 Å². The normalized spacial score (nSPS) is 18.3. The van der Waals surface area contributed by atoms with Crippen LogP contribution in [0.3, 0.4) is 0 Å². The summed E-state index contributed by atoms with van der Waals surface area (Å²) in [4.78, 5) is 17.4. The van der Waals surface area contributed by atoms with Crippen molar-refractivity contribution in [3.8, 4) is 0 Å². The SMILES string of the molecule is C(=NC1CCCCC1)c1ccc[n-]1.C(=NC1CCCCC1)c1ccc[n-]1.[CH3-].[Ti+4]. The van der Waals surface area contributed by atoms with Crippen molar-refractivity contribution in [2.24, 2.45) is 9.98 Å². The topological polar surface area (TPSA) is 52.9 Å². The first kappa shape index (κ1) is 24.7. The van der Waals surface area contributed by atoms with Gasteiger partial charge in [-0.25, -0.2) is 0 Å². The molecular weight excluding hydrogens is 380 g/mol. The van der Waals surface area contributed by atoms with Crippen molar-refractivity contribution in [3.05, 3.63) is 55.5 Å². The molecule has 0 radical (unpaired) electrons. The number of hydrogen-bond donors (Lipinski definition) is 0. The summed E-state index contributed by atoms with van der Waals surface area (Å²) in [5, 5.41) is 0. The van der Waals surface area contributed by atoms with Crippen molar-refractivity contribution in [3.63, 3.8) is 0 Å². The Labute approximate surface area is 185 Å². The second kappa shape index (κ2) is 14.6. The van der Waals surface area contributed by atoms with Gasteiger partial charge in [-0.1, -0.05) is 62.8 Å². The monoisotopic (exact) mass is 413 g/mol. The number of aliphatic imine (C=N–C) groups is 2. The molecule has 2 aromatic rings. The molecule has 0 aromatic carbocycles. The van der Waals surface area contributed by atoms with E-state index in [9.17, 15) is 0 Å². The Balaban J connectivity index is 0.000000261. The minimum Gasteiger partial charge on any atom is -0.663 e. The maximum absolute atomic E-state index is 4.54. The van der Waals surface area contributed by atoms with Gasteiger partial charge in [0.05, 0.1) is 0 Å². The molecule has 0 spiro atoms. The van der Waals surface area contributed by atoms with Gasteiger partial charge in [-0.2, -0.15) is 12.4 Å². The van der Waals surface area contributed by atoms with Crippen molar-refractivity contribution >= 4 is 12.4 Å². The van der Waals surface area contributed by atoms with Crippen LogP contribution in [0.25, 0.3) is 0 Å². The summed E-state index contributed by atoms with van der Waals surface area (Å²) in [6.45, 7) is 0. The Morgan fingerprint density at radius 1 is 0.679 bits per heavy atom. The van der Waals surface area contributed by atoms with Gasteiger partial charge >= 0.3 is 21.7 Å². The molecule has 5 heteroatoms. The Kier molecular flexibility index (Phi) is 12.8. The molecule has 0 unspecified atom stereocenters. The van der Waals surface area contributed by atoms with Crippen LogP contribution in [0.15, 0.2) is 46.6 Å². The molecule has 2 fully saturated rings. The summed E-state index contributed by atoms with van der Waals surface area (Å²) >= 11 is 0. The van der Waals surface area contributed by atoms with Gasteiger partial charge in [0.2, 0.25) is 0 Å². The molecule has 0 atom stereocenters. The number of aromatic nitrogens is 2. The third-order valence-corrected chi connectivity index (χ3v) is 5.14. The maximum Gasteiger partial charge on any atom is 4.00 e. The fraction of sp³-hybridized carbons (Fsp3) is 0.522. The Hall–Kier alpha value is -1.39. The molecule has 2 aromatic heterocycles. The maximum atomic E-state index is 4.54. The molecular formula is C23H33N4Ti+. The first-order chi connectivity index (χ1) is 12.9. The summed E-state index contributed by atoms with van der Waals surface area (Å²) in [7, 11) is 0. The predicted octanol–water partition coefficient (Wildman–Crippen LogP) is 5.24. The summed E-state index contributed by atoms with van der Waals surface area (Å²) < 4.78 is 0. The summed E-state index contributed by atoms with van der Waals surface area (Å²) in [6, 6.07) is 9.00. The van der Waals surface area contributed by atoms with E-state index in [4.69, 9.17) is 0 Å². The molecule has 2 aliphatic carbocycles. The van der Waals surface area contributed by atoms with Crippen LogP contribution >= 0.6 is 0 Å². The zero-order chi connectivity index (χ0) is 17.9. The van der Waals surface area contributed by atoms with Gasteiger partial charge in [-0.3, -0.25) is 9.98 Å². The standard InChI is InChI=1S/2C11H15N2.CH3.Ti/c2*1-2-5-10(6-3-1)13-9-11-7-4-8-12-11;;/h2*4,7-10H,1-3,5-6H2;1H3;/q3*-1;+4. The average molecular weight is 413 g/mol. The van der Waals surface area contributed by atoms with E-state index in [0.29, 0.717) is 12.1 Å². The zero-order valence-corrected chi connectivity index (χ0v) is 18.7. The van der Waals surface area contributed by atoms with Crippen molar-refractivity contribution in [2.45, 2.75) is 76.3 Å². The Bertz CT molecular complexity index is 576. The molecule has 0 bridgehead atoms. The molecule has 2 saturated carbocycles. The van der Waals surface area contributed by atoms with Crippen LogP contribution in [-0.2, 0) is 21.7 Å². The van der Waals surface area contributed by atoms with E-state index in [1.165, 1.54) is 64.2 Å². The molecule has 0 saturated heterocycles. The first-order valence-electron chi connectivity index (χ1n) is 10.1. The third-order valence-electron chi connectivity index (χ3n) is 5.14. The van der Waals surface area contributed by atoms with Crippen LogP contribution in [0.2, 0.25) is 0 Å². The molecule has 0 aliphatic heterocycles. The fourth-order valence-corrected chi connectivity index (χ4v) is 3.60. The third kappa shape index (κ3) is 9.21. The summed E-state index contributed by atoms with van der Waals surface area (Å²) in [5.74, 6) is 0. The molecule has 2 heterocycles. The van der Waals surface area contributed by atoms with E-state index >= 15 is 0 Å². The van der Waals surface area contributed by atoms with Gasteiger partial charge in [-0.05, 0) is 25.7 Å². The van der Waals surface area contributed by atoms with Crippen LogP contribution in [-0.4, -0.2) is 24.5 Å². The van der Waals surface area contributed by atoms with Gasteiger partial charge < -0.3 is 17.4 Å². The van der Waals surface area contributed by atoms with Crippen LogP contribution in [0.1, 0.15) is 75.6 Å². The molecule has 2 aliphatic rings. The van der Waals surface area contributed by atoms with E-state index in [-0.39, 0.29) is 29.1 Å². The second-order valence-corrected chi connectivity index (χ2v) is 7.26. The number of rotatable bonds is 4. The van der Waals surface area contributed by atoms with E-state index in [1.807, 2.05) is 49.1 Å². The summed E-state index contributed by atoms with van der Waals surface area (Å²) in [5.41, 5.74) is 1.98. The molecule has 148 valence electrons. The second-order valence-electron chi connectivity index (χ2n) is 7.26. The minimum atomic E-state index is 0. The molecule has 0 N–H and O–H groups in total. The summed E-state index contributed by atoms with van der Waals surface area (Å²) in [6.07, 6.45) is 20.6. The molecule has 0 amide bonds. The smallest absolute Gasteiger partial charge is 0.663 e. The Morgan fingerprint density at radius 2 is 1.07 bits per heavy atom. The van der Waals surface area contributed by atoms with E-state index in [1.54, 1.807) is 0 Å². The fourth-order valence-electron chi connectivity index (χ4n) is 3.60. The van der Waals surface area contributed by atoms with Gasteiger partial charge in [-0.15, -0.1) is 11.4 Å². The van der Waals surface area contributed by atoms with Crippen molar-refractivity contribution < 1.29 is 21.7 Å². The predicted molar refractivity (Wildman–Crippen MR) is 115 cm³/mol. The number of hydrogen-bond acceptors (Lipinski definition) is 2. The van der Waals surface area contributed by atoms with E-state index in [0.717, 1.165) is 11.4 Å². The van der Waals surface area contributed by atoms with Crippen molar-refractivity contribution in [1.82, 2.24) is 9.97 Å². The number of nitrogens with zero attached hydrogens (tertiary/aromatic N) is 4. The first-order valence-corrected chi connectivity index (χ1v) is 10.1. The van der Waals surface area contributed by atoms with Gasteiger partial charge in [0.25, 0.3) is 0 Å². The van der Waals surface area contributed by atoms with E-state index < -0.39 is 0 Å². The average Bonchev–Trinajstić information content (AvgIpc) is 3.41. The van der Waals surface area contributed by atoms with Gasteiger partial charge in [0, 0.05) is 24.5 Å². The molecule has 4 rings (SSSR count). The van der Waals surface area contributed by atoms with Gasteiger partial charge in [0.1, 0.15) is 0 Å². The largest absolute Gasteiger partial charge is 4.00 e. The minimum absolute atomic E-state index is 0. The zero-order valence-electron chi connectivity index (χ0n) is 17.1. The van der Waals surface area contributed by atoms with Crippen LogP contribution in [0.5, 0.6) is 0 Å². The van der Waals surface area contributed by atoms with Crippen LogP contribution in [0.4, 0.5) is 0 Å². The van der Waals surface area contributed by atoms with Crippen LogP contribution in [0, 0.1) is 7.43 Å². The van der Waals surface area contributed by atoms with E-state index in [2.05, 4.69) is 20.0 Å². The van der Waals surface area contributed by atoms with Crippen LogP contribution < -0.4 is 9.97 Å². The molecule has 4 nitrogen and oxygen atoms in total. The quantitative estimate of drug-likeness (QED) is 0.391. The Morgan fingerprint density at radius 3 is 1.39 bits per heavy atom. The molecule has 28 heavy (non-hydrogen) atoms. The van der Waals surface area contributed by atoms with Crippen molar-refractivity contribution in [2.75, 3.05) is 0 Å². The van der Waals surface area contributed by atoms with Crippen molar-refractivity contribution in [1.29, 1.82) is 0 Å².